The fourth-order valence-corrected chi connectivity index (χ4v) is 4.97. The van der Waals surface area contributed by atoms with Gasteiger partial charge in [0, 0.05) is 24.0 Å². The Morgan fingerprint density at radius 1 is 0.771 bits per heavy atom. The number of anilines is 1. The first-order valence-electron chi connectivity index (χ1n) is 13.4. The summed E-state index contributed by atoms with van der Waals surface area (Å²) < 4.78 is 5.32. The number of unbranched alkanes of at least 4 members (excludes halogenated alkanes) is 13. The van der Waals surface area contributed by atoms with Gasteiger partial charge in [0.05, 0.1) is 4.88 Å². The van der Waals surface area contributed by atoms with E-state index >= 15 is 0 Å². The van der Waals surface area contributed by atoms with E-state index in [-0.39, 0.29) is 11.2 Å². The van der Waals surface area contributed by atoms with Gasteiger partial charge in [0.25, 0.3) is 5.24 Å². The van der Waals surface area contributed by atoms with Gasteiger partial charge in [-0.3, -0.25) is 9.59 Å². The molecule has 0 fully saturated rings. The summed E-state index contributed by atoms with van der Waals surface area (Å²) in [6.45, 7) is 1.33. The number of rotatable bonds is 21. The van der Waals surface area contributed by atoms with Crippen molar-refractivity contribution in [2.75, 3.05) is 11.9 Å². The molecule has 2 rings (SSSR count). The van der Waals surface area contributed by atoms with Gasteiger partial charge in [-0.15, -0.1) is 11.3 Å². The van der Waals surface area contributed by atoms with Crippen molar-refractivity contribution in [3.05, 3.63) is 52.2 Å². The number of benzene rings is 1. The highest BCUT2D eigenvalue weighted by atomic mass is 35.5. The van der Waals surface area contributed by atoms with Crippen LogP contribution in [0.4, 0.5) is 5.69 Å². The monoisotopic (exact) mass is 519 g/mol. The number of halogens is 1. The lowest BCUT2D eigenvalue weighted by molar-refractivity contribution is -0.145. The number of nitrogens with one attached hydrogen (secondary N) is 1. The largest absolute Gasteiger partial charge is 0.461 e. The van der Waals surface area contributed by atoms with Gasteiger partial charge in [-0.1, -0.05) is 107 Å². The highest BCUT2D eigenvalue weighted by Crippen LogP contribution is 2.21. The molecule has 35 heavy (non-hydrogen) atoms. The maximum atomic E-state index is 11.8. The van der Waals surface area contributed by atoms with Gasteiger partial charge in [0.2, 0.25) is 0 Å². The molecule has 194 valence electrons. The van der Waals surface area contributed by atoms with Crippen LogP contribution in [-0.4, -0.2) is 17.8 Å². The zero-order valence-electron chi connectivity index (χ0n) is 21.1. The lowest BCUT2D eigenvalue weighted by Gasteiger charge is -2.05. The molecule has 0 amide bonds. The predicted octanol–water partition coefficient (Wildman–Crippen LogP) is 9.13. The molecule has 1 heterocycles. The second kappa shape index (κ2) is 19.4. The summed E-state index contributed by atoms with van der Waals surface area (Å²) in [6.07, 6.45) is 18.2. The molecule has 0 atom stereocenters. The van der Waals surface area contributed by atoms with E-state index in [0.29, 0.717) is 17.9 Å². The van der Waals surface area contributed by atoms with Crippen LogP contribution in [0.3, 0.4) is 0 Å². The summed E-state index contributed by atoms with van der Waals surface area (Å²) in [5.41, 5.74) is 2.04. The van der Waals surface area contributed by atoms with Crippen molar-refractivity contribution in [1.29, 1.82) is 0 Å². The van der Waals surface area contributed by atoms with Crippen LogP contribution in [0.2, 0.25) is 0 Å². The Bertz CT molecular complexity index is 824. The van der Waals surface area contributed by atoms with Crippen LogP contribution in [0.25, 0.3) is 0 Å². The topological polar surface area (TPSA) is 55.4 Å². The zero-order chi connectivity index (χ0) is 25.0. The van der Waals surface area contributed by atoms with Crippen LogP contribution in [0.15, 0.2) is 41.8 Å². The van der Waals surface area contributed by atoms with Crippen molar-refractivity contribution >= 4 is 39.8 Å². The van der Waals surface area contributed by atoms with E-state index in [0.717, 1.165) is 37.1 Å². The fourth-order valence-electron chi connectivity index (χ4n) is 4.09. The maximum absolute atomic E-state index is 11.8. The van der Waals surface area contributed by atoms with E-state index in [9.17, 15) is 9.59 Å². The average Bonchev–Trinajstić information content (AvgIpc) is 3.35. The Morgan fingerprint density at radius 3 is 1.86 bits per heavy atom. The highest BCUT2D eigenvalue weighted by Gasteiger charge is 2.05. The summed E-state index contributed by atoms with van der Waals surface area (Å²) in [5, 5.41) is 4.93. The summed E-state index contributed by atoms with van der Waals surface area (Å²) in [4.78, 5) is 23.5. The molecule has 0 aliphatic rings. The van der Waals surface area contributed by atoms with Crippen LogP contribution in [0, 0.1) is 0 Å². The minimum atomic E-state index is -0.381. The van der Waals surface area contributed by atoms with E-state index in [1.807, 2.05) is 41.8 Å². The van der Waals surface area contributed by atoms with Crippen molar-refractivity contribution in [2.45, 2.75) is 103 Å². The van der Waals surface area contributed by atoms with Gasteiger partial charge in [0.15, 0.2) is 0 Å². The molecular formula is C29H42ClNO3S. The van der Waals surface area contributed by atoms with Crippen molar-refractivity contribution in [2.24, 2.45) is 0 Å². The first kappa shape index (κ1) is 29.4. The normalized spacial score (nSPS) is 10.9. The summed E-state index contributed by atoms with van der Waals surface area (Å²) in [5.74, 6) is -0.0798. The Morgan fingerprint density at radius 2 is 1.31 bits per heavy atom. The molecule has 0 spiro atoms. The molecule has 6 heteroatoms. The third kappa shape index (κ3) is 15.0. The van der Waals surface area contributed by atoms with Crippen LogP contribution < -0.4 is 5.32 Å². The third-order valence-corrected chi connectivity index (χ3v) is 7.42. The number of carbonyl (C=O) groups excluding carboxylic acids is 2. The van der Waals surface area contributed by atoms with Gasteiger partial charge in [-0.2, -0.15) is 0 Å². The van der Waals surface area contributed by atoms with Crippen LogP contribution in [-0.2, 0) is 16.1 Å². The number of thiophene rings is 1. The fraction of sp³-hybridized carbons (Fsp3) is 0.586. The van der Waals surface area contributed by atoms with Crippen molar-refractivity contribution in [3.8, 4) is 0 Å². The van der Waals surface area contributed by atoms with Crippen molar-refractivity contribution in [1.82, 2.24) is 0 Å². The zero-order valence-corrected chi connectivity index (χ0v) is 22.6. The van der Waals surface area contributed by atoms with Crippen LogP contribution in [0.1, 0.15) is 112 Å². The van der Waals surface area contributed by atoms with E-state index in [1.54, 1.807) is 0 Å². The summed E-state index contributed by atoms with van der Waals surface area (Å²) in [6, 6.07) is 11.7. The number of esters is 1. The number of hydrogen-bond acceptors (Lipinski definition) is 5. The molecule has 0 aliphatic heterocycles. The first-order valence-corrected chi connectivity index (χ1v) is 14.6. The van der Waals surface area contributed by atoms with E-state index in [1.165, 1.54) is 82.0 Å². The number of hydrogen-bond donors (Lipinski definition) is 1. The Kier molecular flexibility index (Phi) is 16.2. The summed E-state index contributed by atoms with van der Waals surface area (Å²) in [7, 11) is 0. The third-order valence-electron chi connectivity index (χ3n) is 6.17. The molecule has 1 aromatic carbocycles. The number of carbonyl (C=O) groups is 2. The van der Waals surface area contributed by atoms with Gasteiger partial charge in [0.1, 0.15) is 6.61 Å². The smallest absolute Gasteiger partial charge is 0.306 e. The van der Waals surface area contributed by atoms with Gasteiger partial charge in [-0.25, -0.2) is 0 Å². The quantitative estimate of drug-likeness (QED) is 0.101. The maximum Gasteiger partial charge on any atom is 0.306 e. The molecule has 4 nitrogen and oxygen atoms in total. The SMILES string of the molecule is O=C(CCCCCCCCCCCCCCCCNc1csc(C(=O)Cl)c1)OCc1ccccc1. The molecule has 0 bridgehead atoms. The molecule has 1 aromatic heterocycles. The molecule has 2 aromatic rings. The second-order valence-electron chi connectivity index (χ2n) is 9.25. The molecule has 1 N–H and O–H groups in total. The molecule has 0 unspecified atom stereocenters. The second-order valence-corrected chi connectivity index (χ2v) is 10.5. The predicted molar refractivity (Wildman–Crippen MR) is 148 cm³/mol. The highest BCUT2D eigenvalue weighted by molar-refractivity contribution is 7.14. The van der Waals surface area contributed by atoms with Crippen molar-refractivity contribution < 1.29 is 14.3 Å². The average molecular weight is 520 g/mol. The molecule has 0 aliphatic carbocycles. The van der Waals surface area contributed by atoms with E-state index in [4.69, 9.17) is 16.3 Å². The molecule has 0 radical (unpaired) electrons. The van der Waals surface area contributed by atoms with Gasteiger partial charge in [-0.05, 0) is 36.1 Å². The first-order chi connectivity index (χ1) is 17.1. The van der Waals surface area contributed by atoms with Crippen LogP contribution in [0.5, 0.6) is 0 Å². The van der Waals surface area contributed by atoms with Crippen molar-refractivity contribution in [3.63, 3.8) is 0 Å². The Labute approximate surface area is 220 Å². The molecule has 0 saturated heterocycles. The minimum absolute atomic E-state index is 0.0798. The lowest BCUT2D eigenvalue weighted by atomic mass is 10.0. The minimum Gasteiger partial charge on any atom is -0.461 e. The number of ether oxygens (including phenoxy) is 1. The van der Waals surface area contributed by atoms with Gasteiger partial charge < -0.3 is 10.1 Å². The van der Waals surface area contributed by atoms with E-state index < -0.39 is 0 Å². The van der Waals surface area contributed by atoms with Gasteiger partial charge >= 0.3 is 5.97 Å². The standard InChI is InChI=1S/C29H42ClNO3S/c30-29(33)27-22-26(24-35-27)31-21-17-12-10-8-6-4-2-1-3-5-7-9-11-16-20-28(32)34-23-25-18-14-13-15-19-25/h13-15,18-19,22,24,31H,1-12,16-17,20-21,23H2. The summed E-state index contributed by atoms with van der Waals surface area (Å²) >= 11 is 6.87. The molecule has 0 saturated carbocycles. The van der Waals surface area contributed by atoms with Crippen LogP contribution >= 0.6 is 22.9 Å². The molecular weight excluding hydrogens is 478 g/mol. The Balaban J connectivity index is 1.26. The Hall–Kier alpha value is -1.85. The lowest BCUT2D eigenvalue weighted by Crippen LogP contribution is -2.04. The van der Waals surface area contributed by atoms with E-state index in [2.05, 4.69) is 5.32 Å².